The summed E-state index contributed by atoms with van der Waals surface area (Å²) in [7, 11) is 1.29. The van der Waals surface area contributed by atoms with Crippen LogP contribution in [0, 0.1) is 0 Å². The van der Waals surface area contributed by atoms with Gasteiger partial charge < -0.3 is 9.84 Å². The van der Waals surface area contributed by atoms with Crippen molar-refractivity contribution < 1.29 is 19.4 Å². The number of aromatic hydroxyl groups is 1. The molecular weight excluding hydrogens is 268 g/mol. The Bertz CT molecular complexity index is 662. The molecular formula is C17H16O4. The first-order valence-corrected chi connectivity index (χ1v) is 6.55. The summed E-state index contributed by atoms with van der Waals surface area (Å²) < 4.78 is 4.67. The van der Waals surface area contributed by atoms with Gasteiger partial charge in [-0.3, -0.25) is 9.59 Å². The molecule has 0 aliphatic rings. The number of benzene rings is 2. The zero-order chi connectivity index (χ0) is 15.4. The molecule has 0 heterocycles. The Kier molecular flexibility index (Phi) is 4.38. The van der Waals surface area contributed by atoms with E-state index in [1.807, 2.05) is 6.07 Å². The molecule has 0 aliphatic heterocycles. The zero-order valence-corrected chi connectivity index (χ0v) is 11.9. The largest absolute Gasteiger partial charge is 0.507 e. The van der Waals surface area contributed by atoms with E-state index >= 15 is 0 Å². The zero-order valence-electron chi connectivity index (χ0n) is 11.9. The number of carbonyl (C=O) groups excluding carboxylic acids is 2. The summed E-state index contributed by atoms with van der Waals surface area (Å²) in [5.74, 6) is -1.57. The summed E-state index contributed by atoms with van der Waals surface area (Å²) in [5, 5.41) is 10.3. The lowest BCUT2D eigenvalue weighted by atomic mass is 9.94. The van der Waals surface area contributed by atoms with Crippen LogP contribution in [0.1, 0.15) is 34.3 Å². The van der Waals surface area contributed by atoms with Gasteiger partial charge in [0.1, 0.15) is 5.75 Å². The predicted molar refractivity (Wildman–Crippen MR) is 78.4 cm³/mol. The van der Waals surface area contributed by atoms with Gasteiger partial charge >= 0.3 is 5.97 Å². The molecule has 0 aromatic heterocycles. The van der Waals surface area contributed by atoms with E-state index in [0.29, 0.717) is 11.1 Å². The van der Waals surface area contributed by atoms with E-state index in [-0.39, 0.29) is 17.1 Å². The van der Waals surface area contributed by atoms with Gasteiger partial charge in [-0.05, 0) is 13.0 Å². The maximum absolute atomic E-state index is 12.4. The first-order chi connectivity index (χ1) is 10.1. The van der Waals surface area contributed by atoms with Crippen LogP contribution < -0.4 is 0 Å². The van der Waals surface area contributed by atoms with E-state index < -0.39 is 11.9 Å². The third-order valence-corrected chi connectivity index (χ3v) is 3.37. The van der Waals surface area contributed by atoms with E-state index in [0.717, 1.165) is 0 Å². The molecule has 1 unspecified atom stereocenters. The predicted octanol–water partition coefficient (Wildman–Crippen LogP) is 2.90. The highest BCUT2D eigenvalue weighted by molar-refractivity contribution is 6.11. The van der Waals surface area contributed by atoms with Crippen molar-refractivity contribution in [2.75, 3.05) is 7.11 Å². The summed E-state index contributed by atoms with van der Waals surface area (Å²) in [5.41, 5.74) is 1.04. The molecule has 2 rings (SSSR count). The summed E-state index contributed by atoms with van der Waals surface area (Å²) in [6, 6.07) is 13.5. The maximum atomic E-state index is 12.4. The Morgan fingerprint density at radius 2 is 1.71 bits per heavy atom. The van der Waals surface area contributed by atoms with E-state index in [4.69, 9.17) is 0 Å². The third kappa shape index (κ3) is 2.94. The van der Waals surface area contributed by atoms with Gasteiger partial charge in [0.2, 0.25) is 0 Å². The Labute approximate surface area is 123 Å². The lowest BCUT2D eigenvalue weighted by Gasteiger charge is -2.13. The van der Waals surface area contributed by atoms with Crippen LogP contribution in [-0.4, -0.2) is 24.0 Å². The van der Waals surface area contributed by atoms with Gasteiger partial charge in [0.15, 0.2) is 5.78 Å². The molecule has 21 heavy (non-hydrogen) atoms. The summed E-state index contributed by atoms with van der Waals surface area (Å²) in [6.45, 7) is 1.62. The van der Waals surface area contributed by atoms with Crippen molar-refractivity contribution in [2.45, 2.75) is 12.8 Å². The van der Waals surface area contributed by atoms with Gasteiger partial charge in [-0.2, -0.15) is 0 Å². The van der Waals surface area contributed by atoms with Crippen molar-refractivity contribution in [3.8, 4) is 5.75 Å². The van der Waals surface area contributed by atoms with Crippen LogP contribution in [0.5, 0.6) is 5.75 Å². The molecule has 0 radical (unpaired) electrons. The third-order valence-electron chi connectivity index (χ3n) is 3.37. The quantitative estimate of drug-likeness (QED) is 0.692. The molecule has 0 aliphatic carbocycles. The van der Waals surface area contributed by atoms with Gasteiger partial charge in [0.05, 0.1) is 18.6 Å². The van der Waals surface area contributed by atoms with Gasteiger partial charge in [-0.25, -0.2) is 0 Å². The molecule has 4 nitrogen and oxygen atoms in total. The normalized spacial score (nSPS) is 11.7. The fraction of sp³-hybridized carbons (Fsp3) is 0.176. The minimum absolute atomic E-state index is 0.175. The average molecular weight is 284 g/mol. The van der Waals surface area contributed by atoms with Crippen molar-refractivity contribution in [2.24, 2.45) is 0 Å². The number of methoxy groups -OCH3 is 1. The highest BCUT2D eigenvalue weighted by atomic mass is 16.5. The molecule has 2 aromatic rings. The highest BCUT2D eigenvalue weighted by Crippen LogP contribution is 2.31. The van der Waals surface area contributed by atoms with E-state index in [9.17, 15) is 14.7 Å². The van der Waals surface area contributed by atoms with Crippen LogP contribution in [-0.2, 0) is 9.53 Å². The van der Waals surface area contributed by atoms with Crippen molar-refractivity contribution in [1.82, 2.24) is 0 Å². The SMILES string of the molecule is COC(=O)C(C)c1cccc(C(=O)c2ccccc2)c1O. The molecule has 0 saturated heterocycles. The van der Waals surface area contributed by atoms with E-state index in [2.05, 4.69) is 4.74 Å². The first-order valence-electron chi connectivity index (χ1n) is 6.55. The topological polar surface area (TPSA) is 63.6 Å². The Morgan fingerprint density at radius 3 is 2.33 bits per heavy atom. The summed E-state index contributed by atoms with van der Waals surface area (Å²) >= 11 is 0. The van der Waals surface area contributed by atoms with Gasteiger partial charge in [0, 0.05) is 11.1 Å². The number of para-hydroxylation sites is 1. The molecule has 108 valence electrons. The molecule has 0 bridgehead atoms. The number of esters is 1. The van der Waals surface area contributed by atoms with Crippen LogP contribution in [0.15, 0.2) is 48.5 Å². The molecule has 0 saturated carbocycles. The van der Waals surface area contributed by atoms with Gasteiger partial charge in [0.25, 0.3) is 0 Å². The summed E-state index contributed by atoms with van der Waals surface area (Å²) in [6.07, 6.45) is 0. The summed E-state index contributed by atoms with van der Waals surface area (Å²) in [4.78, 5) is 24.0. The number of carbonyl (C=O) groups is 2. The molecule has 0 fully saturated rings. The van der Waals surface area contributed by atoms with E-state index in [1.165, 1.54) is 13.2 Å². The fourth-order valence-corrected chi connectivity index (χ4v) is 2.14. The Morgan fingerprint density at radius 1 is 1.05 bits per heavy atom. The lowest BCUT2D eigenvalue weighted by Crippen LogP contribution is -2.12. The first kappa shape index (κ1) is 14.8. The van der Waals surface area contributed by atoms with Crippen molar-refractivity contribution in [1.29, 1.82) is 0 Å². The monoisotopic (exact) mass is 284 g/mol. The van der Waals surface area contributed by atoms with Crippen molar-refractivity contribution in [3.05, 3.63) is 65.2 Å². The van der Waals surface area contributed by atoms with Gasteiger partial charge in [-0.1, -0.05) is 42.5 Å². The fourth-order valence-electron chi connectivity index (χ4n) is 2.14. The number of hydrogen-bond donors (Lipinski definition) is 1. The average Bonchev–Trinajstić information content (AvgIpc) is 2.54. The highest BCUT2D eigenvalue weighted by Gasteiger charge is 2.23. The number of rotatable bonds is 4. The van der Waals surface area contributed by atoms with Crippen LogP contribution in [0.2, 0.25) is 0 Å². The standard InChI is InChI=1S/C17H16O4/c1-11(17(20)21-2)13-9-6-10-14(16(13)19)15(18)12-7-4-3-5-8-12/h3-11,19H,1-2H3. The molecule has 1 N–H and O–H groups in total. The number of ketones is 1. The Hall–Kier alpha value is -2.62. The second-order valence-electron chi connectivity index (χ2n) is 4.68. The second-order valence-corrected chi connectivity index (χ2v) is 4.68. The molecule has 0 spiro atoms. The minimum Gasteiger partial charge on any atom is -0.507 e. The van der Waals surface area contributed by atoms with Crippen LogP contribution in [0.3, 0.4) is 0 Å². The van der Waals surface area contributed by atoms with Gasteiger partial charge in [-0.15, -0.1) is 0 Å². The lowest BCUT2D eigenvalue weighted by molar-refractivity contribution is -0.142. The van der Waals surface area contributed by atoms with Crippen LogP contribution >= 0.6 is 0 Å². The Balaban J connectivity index is 2.43. The molecule has 1 atom stereocenters. The second kappa shape index (κ2) is 6.22. The van der Waals surface area contributed by atoms with Crippen molar-refractivity contribution >= 4 is 11.8 Å². The minimum atomic E-state index is -0.640. The van der Waals surface area contributed by atoms with Crippen molar-refractivity contribution in [3.63, 3.8) is 0 Å². The molecule has 0 amide bonds. The van der Waals surface area contributed by atoms with E-state index in [1.54, 1.807) is 43.3 Å². The molecule has 4 heteroatoms. The van der Waals surface area contributed by atoms with Crippen LogP contribution in [0.4, 0.5) is 0 Å². The smallest absolute Gasteiger partial charge is 0.312 e. The van der Waals surface area contributed by atoms with Crippen LogP contribution in [0.25, 0.3) is 0 Å². The number of hydrogen-bond acceptors (Lipinski definition) is 4. The molecule has 2 aromatic carbocycles. The maximum Gasteiger partial charge on any atom is 0.312 e. The number of ether oxygens (including phenoxy) is 1. The number of phenolic OH excluding ortho intramolecular Hbond substituents is 1. The number of phenols is 1.